The van der Waals surface area contributed by atoms with Crippen molar-refractivity contribution in [1.29, 1.82) is 0 Å². The van der Waals surface area contributed by atoms with Crippen molar-refractivity contribution in [3.8, 4) is 0 Å². The maximum Gasteiger partial charge on any atom is 0.260 e. The minimum atomic E-state index is -3.74. The first kappa shape index (κ1) is 26.7. The molecule has 0 aliphatic heterocycles. The third-order valence-corrected chi connectivity index (χ3v) is 8.53. The SMILES string of the molecule is C=CCN(CC=C)S(=O)(=O)c1ccc(C(=O)N(CCN(C)C)c2nc3cc(C)c(C)cc3s2)cc1. The van der Waals surface area contributed by atoms with Gasteiger partial charge in [-0.15, -0.1) is 13.2 Å². The molecular weight excluding hydrogens is 480 g/mol. The van der Waals surface area contributed by atoms with Gasteiger partial charge in [0.2, 0.25) is 10.0 Å². The van der Waals surface area contributed by atoms with Crippen molar-refractivity contribution in [3.05, 3.63) is 78.4 Å². The molecule has 1 heterocycles. The summed E-state index contributed by atoms with van der Waals surface area (Å²) in [5.74, 6) is -0.225. The third-order valence-electron chi connectivity index (χ3n) is 5.64. The van der Waals surface area contributed by atoms with Crippen LogP contribution in [0.4, 0.5) is 5.13 Å². The van der Waals surface area contributed by atoms with Crippen molar-refractivity contribution in [2.45, 2.75) is 18.7 Å². The molecule has 9 heteroatoms. The fourth-order valence-electron chi connectivity index (χ4n) is 3.50. The van der Waals surface area contributed by atoms with Crippen LogP contribution in [-0.2, 0) is 10.0 Å². The predicted octanol–water partition coefficient (Wildman–Crippen LogP) is 4.48. The molecule has 3 aromatic rings. The first-order chi connectivity index (χ1) is 16.6. The van der Waals surface area contributed by atoms with Gasteiger partial charge in [0.25, 0.3) is 5.91 Å². The van der Waals surface area contributed by atoms with Crippen LogP contribution < -0.4 is 4.90 Å². The number of aryl methyl sites for hydroxylation is 2. The largest absolute Gasteiger partial charge is 0.308 e. The Bertz CT molecular complexity index is 1280. The Morgan fingerprint density at radius 1 is 1.00 bits per heavy atom. The highest BCUT2D eigenvalue weighted by Gasteiger charge is 2.25. The lowest BCUT2D eigenvalue weighted by molar-refractivity contribution is 0.0985. The summed E-state index contributed by atoms with van der Waals surface area (Å²) in [4.78, 5) is 22.1. The molecule has 2 aromatic carbocycles. The second kappa shape index (κ2) is 11.3. The van der Waals surface area contributed by atoms with Crippen LogP contribution in [0.15, 0.2) is 66.6 Å². The number of rotatable bonds is 11. The third kappa shape index (κ3) is 6.05. The molecule has 7 nitrogen and oxygen atoms in total. The van der Waals surface area contributed by atoms with E-state index in [1.54, 1.807) is 17.0 Å². The Hall–Kier alpha value is -2.85. The average Bonchev–Trinajstić information content (AvgIpc) is 3.21. The number of fused-ring (bicyclic) bond motifs is 1. The molecule has 0 saturated carbocycles. The van der Waals surface area contributed by atoms with E-state index in [0.717, 1.165) is 15.8 Å². The number of amides is 1. The first-order valence-corrected chi connectivity index (χ1v) is 13.5. The van der Waals surface area contributed by atoms with Crippen molar-refractivity contribution in [2.24, 2.45) is 0 Å². The van der Waals surface area contributed by atoms with Crippen LogP contribution in [0.1, 0.15) is 21.5 Å². The van der Waals surface area contributed by atoms with Gasteiger partial charge in [-0.2, -0.15) is 4.31 Å². The molecular formula is C26H32N4O3S2. The van der Waals surface area contributed by atoms with Crippen molar-refractivity contribution < 1.29 is 13.2 Å². The number of nitrogens with zero attached hydrogens (tertiary/aromatic N) is 4. The molecule has 3 rings (SSSR count). The molecule has 0 bridgehead atoms. The summed E-state index contributed by atoms with van der Waals surface area (Å²) in [5.41, 5.74) is 3.59. The van der Waals surface area contributed by atoms with Gasteiger partial charge in [0.1, 0.15) is 0 Å². The summed E-state index contributed by atoms with van der Waals surface area (Å²) in [6.07, 6.45) is 3.06. The molecule has 0 saturated heterocycles. The summed E-state index contributed by atoms with van der Waals surface area (Å²) in [7, 11) is 0.162. The van der Waals surface area contributed by atoms with Crippen LogP contribution in [0.5, 0.6) is 0 Å². The smallest absolute Gasteiger partial charge is 0.260 e. The van der Waals surface area contributed by atoms with E-state index in [9.17, 15) is 13.2 Å². The van der Waals surface area contributed by atoms with E-state index in [-0.39, 0.29) is 23.9 Å². The number of carbonyl (C=O) groups is 1. The van der Waals surface area contributed by atoms with E-state index < -0.39 is 10.0 Å². The molecule has 0 fully saturated rings. The highest BCUT2D eigenvalue weighted by Crippen LogP contribution is 2.31. The lowest BCUT2D eigenvalue weighted by atomic mass is 10.1. The maximum atomic E-state index is 13.6. The van der Waals surface area contributed by atoms with Crippen LogP contribution >= 0.6 is 11.3 Å². The number of anilines is 1. The second-order valence-corrected chi connectivity index (χ2v) is 11.5. The normalized spacial score (nSPS) is 11.8. The lowest BCUT2D eigenvalue weighted by Gasteiger charge is -2.22. The van der Waals surface area contributed by atoms with Crippen molar-refractivity contribution >= 4 is 42.6 Å². The highest BCUT2D eigenvalue weighted by atomic mass is 32.2. The highest BCUT2D eigenvalue weighted by molar-refractivity contribution is 7.89. The molecule has 0 spiro atoms. The molecule has 0 atom stereocenters. The van der Waals surface area contributed by atoms with Crippen LogP contribution in [0.2, 0.25) is 0 Å². The minimum absolute atomic E-state index is 0.114. The first-order valence-electron chi connectivity index (χ1n) is 11.2. The Kier molecular flexibility index (Phi) is 8.60. The van der Waals surface area contributed by atoms with Gasteiger partial charge >= 0.3 is 0 Å². The summed E-state index contributed by atoms with van der Waals surface area (Å²) >= 11 is 1.48. The topological polar surface area (TPSA) is 73.8 Å². The van der Waals surface area contributed by atoms with E-state index in [4.69, 9.17) is 4.98 Å². The van der Waals surface area contributed by atoms with Crippen LogP contribution in [0.3, 0.4) is 0 Å². The Morgan fingerprint density at radius 3 is 2.17 bits per heavy atom. The van der Waals surface area contributed by atoms with Gasteiger partial charge in [-0.25, -0.2) is 13.4 Å². The quantitative estimate of drug-likeness (QED) is 0.354. The molecule has 1 amide bonds. The van der Waals surface area contributed by atoms with E-state index in [2.05, 4.69) is 26.1 Å². The zero-order valence-electron chi connectivity index (χ0n) is 20.7. The van der Waals surface area contributed by atoms with E-state index >= 15 is 0 Å². The Morgan fingerprint density at radius 2 is 1.60 bits per heavy atom. The van der Waals surface area contributed by atoms with Gasteiger partial charge in [0, 0.05) is 31.7 Å². The number of hydrogen-bond donors (Lipinski definition) is 0. The maximum absolute atomic E-state index is 13.6. The van der Waals surface area contributed by atoms with E-state index in [0.29, 0.717) is 23.8 Å². The summed E-state index contributed by atoms with van der Waals surface area (Å²) in [6.45, 7) is 12.8. The predicted molar refractivity (Wildman–Crippen MR) is 145 cm³/mol. The van der Waals surface area contributed by atoms with E-state index in [1.165, 1.54) is 45.5 Å². The number of benzene rings is 2. The number of likely N-dealkylation sites (N-methyl/N-ethyl adjacent to an activating group) is 1. The van der Waals surface area contributed by atoms with Crippen molar-refractivity contribution in [2.75, 3.05) is 45.2 Å². The fraction of sp³-hybridized carbons (Fsp3) is 0.308. The van der Waals surface area contributed by atoms with Gasteiger partial charge in [0.15, 0.2) is 5.13 Å². The number of hydrogen-bond acceptors (Lipinski definition) is 6. The van der Waals surface area contributed by atoms with Crippen molar-refractivity contribution in [3.63, 3.8) is 0 Å². The number of aromatic nitrogens is 1. The van der Waals surface area contributed by atoms with E-state index in [1.807, 2.05) is 32.0 Å². The van der Waals surface area contributed by atoms with Gasteiger partial charge in [-0.3, -0.25) is 9.69 Å². The Balaban J connectivity index is 1.95. The zero-order valence-corrected chi connectivity index (χ0v) is 22.3. The van der Waals surface area contributed by atoms with Gasteiger partial charge in [-0.1, -0.05) is 23.5 Å². The zero-order chi connectivity index (χ0) is 25.8. The number of carbonyl (C=O) groups excluding carboxylic acids is 1. The monoisotopic (exact) mass is 512 g/mol. The molecule has 35 heavy (non-hydrogen) atoms. The van der Waals surface area contributed by atoms with Gasteiger partial charge in [-0.05, 0) is 75.5 Å². The summed E-state index contributed by atoms with van der Waals surface area (Å²) in [6, 6.07) is 10.2. The summed E-state index contributed by atoms with van der Waals surface area (Å²) < 4.78 is 28.3. The average molecular weight is 513 g/mol. The fourth-order valence-corrected chi connectivity index (χ4v) is 5.95. The second-order valence-electron chi connectivity index (χ2n) is 8.58. The summed E-state index contributed by atoms with van der Waals surface area (Å²) in [5, 5.41) is 0.622. The van der Waals surface area contributed by atoms with Crippen LogP contribution in [-0.4, -0.2) is 68.8 Å². The number of sulfonamides is 1. The van der Waals surface area contributed by atoms with Gasteiger partial charge in [0.05, 0.1) is 15.1 Å². The Labute approximate surface area is 212 Å². The lowest BCUT2D eigenvalue weighted by Crippen LogP contribution is -2.36. The van der Waals surface area contributed by atoms with Gasteiger partial charge < -0.3 is 4.90 Å². The molecule has 1 aromatic heterocycles. The molecule has 0 N–H and O–H groups in total. The standard InChI is InChI=1S/C26H32N4O3S2/c1-7-13-29(14-8-2)35(32,33)22-11-9-21(10-12-22)25(31)30(16-15-28(5)6)26-27-23-17-19(3)20(4)18-24(23)34-26/h7-12,17-18H,1-2,13-16H2,3-6H3. The number of thiazole rings is 1. The molecule has 0 aliphatic carbocycles. The molecule has 0 radical (unpaired) electrons. The molecule has 0 unspecified atom stereocenters. The van der Waals surface area contributed by atoms with Crippen LogP contribution in [0.25, 0.3) is 10.2 Å². The molecule has 0 aliphatic rings. The van der Waals surface area contributed by atoms with Crippen molar-refractivity contribution in [1.82, 2.24) is 14.2 Å². The van der Waals surface area contributed by atoms with Crippen LogP contribution in [0, 0.1) is 13.8 Å². The molecule has 186 valence electrons. The minimum Gasteiger partial charge on any atom is -0.308 e.